The van der Waals surface area contributed by atoms with Crippen molar-refractivity contribution in [3.8, 4) is 0 Å². The topological polar surface area (TPSA) is 75.6 Å². The maximum absolute atomic E-state index is 12.5. The van der Waals surface area contributed by atoms with Crippen LogP contribution in [0.4, 0.5) is 0 Å². The summed E-state index contributed by atoms with van der Waals surface area (Å²) in [7, 11) is 0. The first-order valence-electron chi connectivity index (χ1n) is 7.96. The molecule has 1 N–H and O–H groups in total. The second kappa shape index (κ2) is 6.30. The van der Waals surface area contributed by atoms with Gasteiger partial charge in [0.2, 0.25) is 0 Å². The first-order valence-corrected chi connectivity index (χ1v) is 7.96. The van der Waals surface area contributed by atoms with Gasteiger partial charge in [0.25, 0.3) is 5.91 Å². The van der Waals surface area contributed by atoms with Gasteiger partial charge in [0.15, 0.2) is 0 Å². The highest BCUT2D eigenvalue weighted by Gasteiger charge is 2.46. The Morgan fingerprint density at radius 2 is 2.18 bits per heavy atom. The molecule has 0 radical (unpaired) electrons. The number of hydrogen-bond donors (Lipinski definition) is 1. The number of hydrogen-bond acceptors (Lipinski definition) is 5. The van der Waals surface area contributed by atoms with Crippen molar-refractivity contribution < 1.29 is 14.6 Å². The molecule has 2 saturated heterocycles. The van der Waals surface area contributed by atoms with Crippen LogP contribution >= 0.6 is 0 Å². The van der Waals surface area contributed by atoms with Gasteiger partial charge in [0.05, 0.1) is 11.8 Å². The number of ether oxygens (including phenoxy) is 1. The van der Waals surface area contributed by atoms with E-state index in [2.05, 4.69) is 9.97 Å². The molecule has 1 aromatic rings. The minimum atomic E-state index is -0.692. The van der Waals surface area contributed by atoms with Crippen molar-refractivity contribution in [2.24, 2.45) is 11.8 Å². The van der Waals surface area contributed by atoms with Crippen LogP contribution in [0.3, 0.4) is 0 Å². The quantitative estimate of drug-likeness (QED) is 0.886. The van der Waals surface area contributed by atoms with Crippen LogP contribution in [-0.4, -0.2) is 57.8 Å². The minimum Gasteiger partial charge on any atom is -0.389 e. The molecule has 0 aromatic carbocycles. The van der Waals surface area contributed by atoms with E-state index in [1.165, 1.54) is 12.4 Å². The fraction of sp³-hybridized carbons (Fsp3) is 0.688. The Bertz CT molecular complexity index is 519. The summed E-state index contributed by atoms with van der Waals surface area (Å²) in [6.07, 6.45) is 6.99. The number of amides is 1. The smallest absolute Gasteiger partial charge is 0.274 e. The molecule has 2 unspecified atom stereocenters. The molecule has 2 aliphatic heterocycles. The van der Waals surface area contributed by atoms with Gasteiger partial charge in [-0.05, 0) is 25.2 Å². The van der Waals surface area contributed by atoms with E-state index in [0.717, 1.165) is 26.1 Å². The third kappa shape index (κ3) is 2.85. The summed E-state index contributed by atoms with van der Waals surface area (Å²) in [4.78, 5) is 22.3. The van der Waals surface area contributed by atoms with Gasteiger partial charge in [-0.15, -0.1) is 0 Å². The normalized spacial score (nSPS) is 30.3. The van der Waals surface area contributed by atoms with Crippen molar-refractivity contribution in [3.63, 3.8) is 0 Å². The third-order valence-corrected chi connectivity index (χ3v) is 5.13. The fourth-order valence-electron chi connectivity index (χ4n) is 3.70. The fourth-order valence-corrected chi connectivity index (χ4v) is 3.70. The molecule has 0 aliphatic carbocycles. The summed E-state index contributed by atoms with van der Waals surface area (Å²) in [5.41, 5.74) is -0.325. The summed E-state index contributed by atoms with van der Waals surface area (Å²) >= 11 is 0. The molecular weight excluding hydrogens is 282 g/mol. The minimum absolute atomic E-state index is 0.0463. The summed E-state index contributed by atoms with van der Waals surface area (Å²) < 4.78 is 5.40. The van der Waals surface area contributed by atoms with E-state index in [9.17, 15) is 9.90 Å². The Labute approximate surface area is 130 Å². The average Bonchev–Trinajstić information content (AvgIpc) is 2.58. The highest BCUT2D eigenvalue weighted by Crippen LogP contribution is 2.39. The molecule has 22 heavy (non-hydrogen) atoms. The highest BCUT2D eigenvalue weighted by molar-refractivity contribution is 5.92. The van der Waals surface area contributed by atoms with E-state index in [-0.39, 0.29) is 17.7 Å². The summed E-state index contributed by atoms with van der Waals surface area (Å²) in [5.74, 6) is 0.212. The predicted octanol–water partition coefficient (Wildman–Crippen LogP) is 1.12. The molecule has 6 nitrogen and oxygen atoms in total. The number of carbonyl (C=O) groups is 1. The zero-order valence-electron chi connectivity index (χ0n) is 12.9. The molecule has 3 heterocycles. The lowest BCUT2D eigenvalue weighted by molar-refractivity contribution is -0.125. The molecule has 2 atom stereocenters. The van der Waals surface area contributed by atoms with Crippen LogP contribution in [-0.2, 0) is 4.74 Å². The van der Waals surface area contributed by atoms with Crippen molar-refractivity contribution in [1.82, 2.24) is 14.9 Å². The number of aromatic nitrogens is 2. The largest absolute Gasteiger partial charge is 0.389 e. The van der Waals surface area contributed by atoms with Gasteiger partial charge in [0, 0.05) is 44.6 Å². The van der Waals surface area contributed by atoms with Crippen molar-refractivity contribution in [2.45, 2.75) is 31.8 Å². The van der Waals surface area contributed by atoms with Gasteiger partial charge >= 0.3 is 0 Å². The van der Waals surface area contributed by atoms with E-state index < -0.39 is 5.60 Å². The van der Waals surface area contributed by atoms with E-state index in [1.54, 1.807) is 11.1 Å². The van der Waals surface area contributed by atoms with Gasteiger partial charge in [-0.1, -0.05) is 6.92 Å². The Balaban J connectivity index is 1.68. The van der Waals surface area contributed by atoms with Gasteiger partial charge in [-0.25, -0.2) is 4.98 Å². The summed E-state index contributed by atoms with van der Waals surface area (Å²) in [6.45, 7) is 4.60. The van der Waals surface area contributed by atoms with E-state index >= 15 is 0 Å². The number of aliphatic hydroxyl groups is 1. The van der Waals surface area contributed by atoms with Crippen LogP contribution in [0.15, 0.2) is 18.6 Å². The Morgan fingerprint density at radius 3 is 2.82 bits per heavy atom. The van der Waals surface area contributed by atoms with Crippen LogP contribution in [0, 0.1) is 11.8 Å². The zero-order chi connectivity index (χ0) is 15.6. The Hall–Kier alpha value is -1.53. The first kappa shape index (κ1) is 15.4. The van der Waals surface area contributed by atoms with Crippen LogP contribution in [0.25, 0.3) is 0 Å². The van der Waals surface area contributed by atoms with Crippen LogP contribution in [0.5, 0.6) is 0 Å². The molecule has 2 aliphatic rings. The number of piperidine rings is 1. The molecule has 120 valence electrons. The number of nitrogens with zero attached hydrogens (tertiary/aromatic N) is 3. The molecule has 6 heteroatoms. The molecule has 1 aromatic heterocycles. The number of carbonyl (C=O) groups excluding carboxylic acids is 1. The molecule has 1 amide bonds. The van der Waals surface area contributed by atoms with Gasteiger partial charge in [-0.3, -0.25) is 9.78 Å². The lowest BCUT2D eigenvalue weighted by atomic mass is 9.70. The molecule has 2 fully saturated rings. The molecule has 0 bridgehead atoms. The Morgan fingerprint density at radius 1 is 1.41 bits per heavy atom. The van der Waals surface area contributed by atoms with Crippen LogP contribution < -0.4 is 0 Å². The van der Waals surface area contributed by atoms with Gasteiger partial charge in [-0.2, -0.15) is 0 Å². The maximum Gasteiger partial charge on any atom is 0.274 e. The molecule has 0 saturated carbocycles. The van der Waals surface area contributed by atoms with Gasteiger partial charge < -0.3 is 14.7 Å². The lowest BCUT2D eigenvalue weighted by Crippen LogP contribution is -2.57. The summed E-state index contributed by atoms with van der Waals surface area (Å²) in [6, 6.07) is 0. The first-order chi connectivity index (χ1) is 10.6. The maximum atomic E-state index is 12.5. The Kier molecular flexibility index (Phi) is 4.40. The SMILES string of the molecule is CC1CN(C(=O)c2cnccn2)CCC1(O)C1CCOCC1. The van der Waals surface area contributed by atoms with Crippen LogP contribution in [0.2, 0.25) is 0 Å². The third-order valence-electron chi connectivity index (χ3n) is 5.13. The van der Waals surface area contributed by atoms with Gasteiger partial charge in [0.1, 0.15) is 5.69 Å². The van der Waals surface area contributed by atoms with E-state index in [1.807, 2.05) is 6.92 Å². The average molecular weight is 305 g/mol. The van der Waals surface area contributed by atoms with Crippen molar-refractivity contribution >= 4 is 5.91 Å². The summed E-state index contributed by atoms with van der Waals surface area (Å²) in [5, 5.41) is 11.1. The molecule has 3 rings (SSSR count). The second-order valence-electron chi connectivity index (χ2n) is 6.37. The highest BCUT2D eigenvalue weighted by atomic mass is 16.5. The van der Waals surface area contributed by atoms with E-state index in [4.69, 9.17) is 4.74 Å². The van der Waals surface area contributed by atoms with E-state index in [0.29, 0.717) is 25.2 Å². The van der Waals surface area contributed by atoms with Crippen molar-refractivity contribution in [2.75, 3.05) is 26.3 Å². The predicted molar refractivity (Wildman–Crippen MR) is 80.2 cm³/mol. The standard InChI is InChI=1S/C16H23N3O3/c1-12-11-19(15(20)14-10-17-5-6-18-14)7-4-16(12,21)13-2-8-22-9-3-13/h5-6,10,12-13,21H,2-4,7-9,11H2,1H3. The molecular formula is C16H23N3O3. The van der Waals surface area contributed by atoms with Crippen molar-refractivity contribution in [3.05, 3.63) is 24.3 Å². The van der Waals surface area contributed by atoms with Crippen LogP contribution in [0.1, 0.15) is 36.7 Å². The number of rotatable bonds is 2. The van der Waals surface area contributed by atoms with Crippen molar-refractivity contribution in [1.29, 1.82) is 0 Å². The molecule has 0 spiro atoms. The lowest BCUT2D eigenvalue weighted by Gasteiger charge is -2.48. The second-order valence-corrected chi connectivity index (χ2v) is 6.37. The number of likely N-dealkylation sites (tertiary alicyclic amines) is 1. The monoisotopic (exact) mass is 305 g/mol. The zero-order valence-corrected chi connectivity index (χ0v) is 12.9.